The van der Waals surface area contributed by atoms with Crippen molar-refractivity contribution in [3.63, 3.8) is 0 Å². The van der Waals surface area contributed by atoms with Crippen molar-refractivity contribution >= 4 is 23.0 Å². The lowest BCUT2D eigenvalue weighted by atomic mass is 9.99. The molecule has 0 atom stereocenters. The molecule has 156 valence electrons. The van der Waals surface area contributed by atoms with Gasteiger partial charge in [-0.1, -0.05) is 44.2 Å². The number of hydrogen-bond acceptors (Lipinski definition) is 4. The fourth-order valence-corrected chi connectivity index (χ4v) is 3.70. The number of ether oxygens (including phenoxy) is 1. The fraction of sp³-hybridized carbons (Fsp3) is 0.292. The van der Waals surface area contributed by atoms with Crippen molar-refractivity contribution in [2.75, 3.05) is 0 Å². The number of Topliss-reactive ketones (excluding diaryl/α,β-unsaturated/α-hetero) is 2. The van der Waals surface area contributed by atoms with Gasteiger partial charge in [0.15, 0.2) is 0 Å². The molecule has 0 unspecified atom stereocenters. The van der Waals surface area contributed by atoms with E-state index in [0.717, 1.165) is 16.8 Å². The molecule has 0 saturated heterocycles. The fourth-order valence-electron chi connectivity index (χ4n) is 3.70. The van der Waals surface area contributed by atoms with E-state index in [1.165, 1.54) is 0 Å². The molecule has 2 heterocycles. The van der Waals surface area contributed by atoms with Gasteiger partial charge in [0.25, 0.3) is 11.7 Å². The zero-order chi connectivity index (χ0) is 21.7. The number of carbonyl (C=O) groups excluding carboxylic acids is 3. The Morgan fingerprint density at radius 2 is 1.77 bits per heavy atom. The lowest BCUT2D eigenvalue weighted by molar-refractivity contribution is -0.118. The second kappa shape index (κ2) is 9.39. The summed E-state index contributed by atoms with van der Waals surface area (Å²) >= 11 is 0. The van der Waals surface area contributed by atoms with Crippen LogP contribution in [0.2, 0.25) is 0 Å². The first kappa shape index (κ1) is 21.3. The van der Waals surface area contributed by atoms with Gasteiger partial charge in [0.2, 0.25) is 0 Å². The van der Waals surface area contributed by atoms with Crippen LogP contribution in [0.4, 0.5) is 0 Å². The van der Waals surface area contributed by atoms with Gasteiger partial charge in [0, 0.05) is 24.7 Å². The van der Waals surface area contributed by atoms with E-state index in [1.54, 1.807) is 6.07 Å². The number of aromatic nitrogens is 1. The average molecular weight is 406 g/mol. The first-order valence-corrected chi connectivity index (χ1v) is 10.1. The lowest BCUT2D eigenvalue weighted by Gasteiger charge is -2.10. The quantitative estimate of drug-likeness (QED) is 0.411. The summed E-state index contributed by atoms with van der Waals surface area (Å²) in [5.41, 5.74) is 8.71. The number of rotatable bonds is 10. The second-order valence-electron chi connectivity index (χ2n) is 7.10. The molecule has 1 aromatic carbocycles. The van der Waals surface area contributed by atoms with Crippen molar-refractivity contribution in [3.8, 4) is 5.75 Å². The van der Waals surface area contributed by atoms with E-state index < -0.39 is 11.7 Å². The van der Waals surface area contributed by atoms with Crippen LogP contribution in [0.15, 0.2) is 48.7 Å². The third kappa shape index (κ3) is 4.27. The zero-order valence-electron chi connectivity index (χ0n) is 17.3. The molecule has 0 spiro atoms. The SMILES string of the molecule is CCC(=O)CCc1c(CC)c(C(=O)C(N)=O)c2c(OCc3ccccc3)cccn12. The smallest absolute Gasteiger partial charge is 0.289 e. The van der Waals surface area contributed by atoms with Gasteiger partial charge in [0.1, 0.15) is 18.1 Å². The van der Waals surface area contributed by atoms with Crippen LogP contribution in [0.1, 0.15) is 53.9 Å². The molecule has 0 fully saturated rings. The molecule has 6 heteroatoms. The van der Waals surface area contributed by atoms with Crippen molar-refractivity contribution in [1.82, 2.24) is 4.40 Å². The molecular weight excluding hydrogens is 380 g/mol. The number of primary amides is 1. The number of amides is 1. The number of pyridine rings is 1. The predicted molar refractivity (Wildman–Crippen MR) is 115 cm³/mol. The number of nitrogens with zero attached hydrogens (tertiary/aromatic N) is 1. The number of carbonyl (C=O) groups is 3. The summed E-state index contributed by atoms with van der Waals surface area (Å²) in [5, 5.41) is 0. The molecule has 6 nitrogen and oxygen atoms in total. The molecule has 0 bridgehead atoms. The van der Waals surface area contributed by atoms with E-state index in [9.17, 15) is 14.4 Å². The van der Waals surface area contributed by atoms with E-state index in [2.05, 4.69) is 0 Å². The topological polar surface area (TPSA) is 90.9 Å². The van der Waals surface area contributed by atoms with Gasteiger partial charge in [-0.05, 0) is 36.1 Å². The van der Waals surface area contributed by atoms with Crippen LogP contribution in [-0.2, 0) is 29.0 Å². The summed E-state index contributed by atoms with van der Waals surface area (Å²) in [6.45, 7) is 4.07. The maximum Gasteiger partial charge on any atom is 0.289 e. The summed E-state index contributed by atoms with van der Waals surface area (Å²) in [5.74, 6) is -1.11. The van der Waals surface area contributed by atoms with Crippen LogP contribution in [0, 0.1) is 0 Å². The Hall–Kier alpha value is -3.41. The van der Waals surface area contributed by atoms with Gasteiger partial charge in [-0.15, -0.1) is 0 Å². The predicted octanol–water partition coefficient (Wildman–Crippen LogP) is 3.66. The highest BCUT2D eigenvalue weighted by Crippen LogP contribution is 2.33. The van der Waals surface area contributed by atoms with E-state index in [0.29, 0.717) is 43.6 Å². The molecule has 0 aliphatic heterocycles. The highest BCUT2D eigenvalue weighted by atomic mass is 16.5. The lowest BCUT2D eigenvalue weighted by Crippen LogP contribution is -2.24. The van der Waals surface area contributed by atoms with E-state index in [1.807, 2.05) is 60.8 Å². The van der Waals surface area contributed by atoms with Gasteiger partial charge in [-0.3, -0.25) is 14.4 Å². The third-order valence-electron chi connectivity index (χ3n) is 5.21. The van der Waals surface area contributed by atoms with Gasteiger partial charge in [-0.25, -0.2) is 0 Å². The molecule has 0 radical (unpaired) electrons. The minimum Gasteiger partial charge on any atom is -0.487 e. The molecule has 30 heavy (non-hydrogen) atoms. The Morgan fingerprint density at radius 1 is 1.03 bits per heavy atom. The normalized spacial score (nSPS) is 10.9. The van der Waals surface area contributed by atoms with Gasteiger partial charge < -0.3 is 14.9 Å². The summed E-state index contributed by atoms with van der Waals surface area (Å²) in [6, 6.07) is 13.3. The molecule has 0 saturated carbocycles. The standard InChI is InChI=1S/C24H26N2O4/c1-3-17(27)12-13-19-18(4-2)21(23(28)24(25)29)22-20(11-8-14-26(19)22)30-15-16-9-6-5-7-10-16/h5-11,14H,3-4,12-13,15H2,1-2H3,(H2,25,29). The number of fused-ring (bicyclic) bond motifs is 1. The van der Waals surface area contributed by atoms with E-state index in [4.69, 9.17) is 10.5 Å². The highest BCUT2D eigenvalue weighted by molar-refractivity contribution is 6.44. The summed E-state index contributed by atoms with van der Waals surface area (Å²) in [4.78, 5) is 36.5. The number of benzene rings is 1. The van der Waals surface area contributed by atoms with Crippen molar-refractivity contribution in [2.45, 2.75) is 46.1 Å². The first-order valence-electron chi connectivity index (χ1n) is 10.1. The number of hydrogen-bond donors (Lipinski definition) is 1. The van der Waals surface area contributed by atoms with Crippen LogP contribution >= 0.6 is 0 Å². The second-order valence-corrected chi connectivity index (χ2v) is 7.10. The van der Waals surface area contributed by atoms with Crippen molar-refractivity contribution in [2.24, 2.45) is 5.73 Å². The maximum atomic E-state index is 12.8. The first-order chi connectivity index (χ1) is 14.5. The molecule has 3 aromatic rings. The molecule has 0 aliphatic carbocycles. The number of aryl methyl sites for hydroxylation is 1. The highest BCUT2D eigenvalue weighted by Gasteiger charge is 2.27. The minimum atomic E-state index is -1.01. The largest absolute Gasteiger partial charge is 0.487 e. The van der Waals surface area contributed by atoms with Crippen molar-refractivity contribution in [3.05, 3.63) is 71.0 Å². The Labute approximate surface area is 175 Å². The van der Waals surface area contributed by atoms with Gasteiger partial charge in [0.05, 0.1) is 11.1 Å². The van der Waals surface area contributed by atoms with Crippen LogP contribution < -0.4 is 10.5 Å². The third-order valence-corrected chi connectivity index (χ3v) is 5.21. The van der Waals surface area contributed by atoms with Crippen LogP contribution in [-0.4, -0.2) is 21.9 Å². The van der Waals surface area contributed by atoms with Gasteiger partial charge in [-0.2, -0.15) is 0 Å². The Bertz CT molecular complexity index is 1080. The molecule has 2 N–H and O–H groups in total. The van der Waals surface area contributed by atoms with Gasteiger partial charge >= 0.3 is 0 Å². The van der Waals surface area contributed by atoms with Crippen LogP contribution in [0.5, 0.6) is 5.75 Å². The maximum absolute atomic E-state index is 12.8. The number of ketones is 2. The summed E-state index contributed by atoms with van der Waals surface area (Å²) in [7, 11) is 0. The molecule has 2 aromatic heterocycles. The molecular formula is C24H26N2O4. The Morgan fingerprint density at radius 3 is 2.40 bits per heavy atom. The van der Waals surface area contributed by atoms with Crippen molar-refractivity contribution < 1.29 is 19.1 Å². The van der Waals surface area contributed by atoms with Crippen molar-refractivity contribution in [1.29, 1.82) is 0 Å². The molecule has 1 amide bonds. The average Bonchev–Trinajstić information content (AvgIpc) is 3.09. The Balaban J connectivity index is 2.13. The summed E-state index contributed by atoms with van der Waals surface area (Å²) < 4.78 is 7.90. The zero-order valence-corrected chi connectivity index (χ0v) is 17.3. The minimum absolute atomic E-state index is 0.145. The van der Waals surface area contributed by atoms with Crippen LogP contribution in [0.3, 0.4) is 0 Å². The van der Waals surface area contributed by atoms with E-state index in [-0.39, 0.29) is 11.3 Å². The monoisotopic (exact) mass is 406 g/mol. The molecule has 0 aliphatic rings. The van der Waals surface area contributed by atoms with Crippen LogP contribution in [0.25, 0.3) is 5.52 Å². The summed E-state index contributed by atoms with van der Waals surface area (Å²) in [6.07, 6.45) is 3.67. The van der Waals surface area contributed by atoms with E-state index >= 15 is 0 Å². The molecule has 3 rings (SSSR count). The Kier molecular flexibility index (Phi) is 6.67. The number of nitrogens with two attached hydrogens (primary N) is 1.